The van der Waals surface area contributed by atoms with Gasteiger partial charge in [0.05, 0.1) is 0 Å². The Kier molecular flexibility index (Phi) is 6.92. The average molecular weight is 407 g/mol. The van der Waals surface area contributed by atoms with Crippen molar-refractivity contribution in [2.45, 2.75) is 51.5 Å². The summed E-state index contributed by atoms with van der Waals surface area (Å²) >= 11 is 0. The van der Waals surface area contributed by atoms with Crippen molar-refractivity contribution < 1.29 is 9.22 Å². The number of hydrogen-bond donors (Lipinski definition) is 0. The number of Topliss-reactive ketones (excluding diaryl/α,β-unsaturated/α-hetero) is 1. The van der Waals surface area contributed by atoms with Gasteiger partial charge in [-0.3, -0.25) is 4.79 Å². The van der Waals surface area contributed by atoms with E-state index in [4.69, 9.17) is 4.43 Å². The predicted octanol–water partition coefficient (Wildman–Crippen LogP) is 5.12. The Morgan fingerprint density at radius 1 is 1.03 bits per heavy atom. The highest BCUT2D eigenvalue weighted by atomic mass is 28.4. The molecule has 0 amide bonds. The van der Waals surface area contributed by atoms with Crippen LogP contribution >= 0.6 is 0 Å². The van der Waals surface area contributed by atoms with E-state index in [2.05, 4.69) is 88.0 Å². The van der Waals surface area contributed by atoms with E-state index in [1.54, 1.807) is 0 Å². The number of rotatable bonds is 7. The van der Waals surface area contributed by atoms with E-state index >= 15 is 0 Å². The fourth-order valence-electron chi connectivity index (χ4n) is 4.79. The molecule has 0 saturated heterocycles. The molecule has 2 nitrogen and oxygen atoms in total. The second kappa shape index (κ2) is 9.23. The number of carbonyl (C=O) groups is 1. The summed E-state index contributed by atoms with van der Waals surface area (Å²) in [5.74, 6) is 0.944. The standard InChI is InChI=1S/C26H34O2Si/c1-5-12-22-19-21(17-18-25(22)27)20-28-29(26(2,3)4,23-13-8-6-9-14-23)24-15-10-7-11-16-24/h5-11,13-16,21-22H,1,12,17-20H2,2-4H3/t21-,22-/m0/s1. The zero-order valence-electron chi connectivity index (χ0n) is 18.1. The summed E-state index contributed by atoms with van der Waals surface area (Å²) < 4.78 is 7.07. The highest BCUT2D eigenvalue weighted by Gasteiger charge is 2.50. The van der Waals surface area contributed by atoms with Gasteiger partial charge in [0, 0.05) is 18.9 Å². The van der Waals surface area contributed by atoms with E-state index in [0.717, 1.165) is 19.3 Å². The highest BCUT2D eigenvalue weighted by Crippen LogP contribution is 2.38. The van der Waals surface area contributed by atoms with Gasteiger partial charge in [-0.2, -0.15) is 0 Å². The minimum Gasteiger partial charge on any atom is -0.407 e. The maximum atomic E-state index is 12.3. The van der Waals surface area contributed by atoms with Crippen molar-refractivity contribution in [1.82, 2.24) is 0 Å². The number of ketones is 1. The molecule has 2 atom stereocenters. The number of carbonyl (C=O) groups excluding carboxylic acids is 1. The lowest BCUT2D eigenvalue weighted by Crippen LogP contribution is -2.67. The highest BCUT2D eigenvalue weighted by molar-refractivity contribution is 6.99. The quantitative estimate of drug-likeness (QED) is 0.471. The van der Waals surface area contributed by atoms with Crippen molar-refractivity contribution >= 4 is 24.5 Å². The average Bonchev–Trinajstić information content (AvgIpc) is 2.71. The minimum atomic E-state index is -2.50. The molecule has 1 fully saturated rings. The van der Waals surface area contributed by atoms with E-state index in [-0.39, 0.29) is 11.0 Å². The fraction of sp³-hybridized carbons (Fsp3) is 0.423. The molecule has 1 saturated carbocycles. The lowest BCUT2D eigenvalue weighted by molar-refractivity contribution is -0.125. The summed E-state index contributed by atoms with van der Waals surface area (Å²) in [7, 11) is -2.50. The summed E-state index contributed by atoms with van der Waals surface area (Å²) in [6, 6.07) is 21.5. The zero-order chi connectivity index (χ0) is 20.9. The van der Waals surface area contributed by atoms with Crippen LogP contribution in [-0.2, 0) is 9.22 Å². The van der Waals surface area contributed by atoms with Crippen LogP contribution in [0.2, 0.25) is 5.04 Å². The Morgan fingerprint density at radius 3 is 2.07 bits per heavy atom. The molecule has 0 bridgehead atoms. The molecular weight excluding hydrogens is 372 g/mol. The van der Waals surface area contributed by atoms with E-state index in [9.17, 15) is 4.79 Å². The zero-order valence-corrected chi connectivity index (χ0v) is 19.1. The normalized spacial score (nSPS) is 20.4. The monoisotopic (exact) mass is 406 g/mol. The molecular formula is C26H34O2Si. The van der Waals surface area contributed by atoms with Crippen molar-refractivity contribution in [3.05, 3.63) is 73.3 Å². The Morgan fingerprint density at radius 2 is 1.59 bits per heavy atom. The maximum Gasteiger partial charge on any atom is 0.261 e. The van der Waals surface area contributed by atoms with Gasteiger partial charge in [0.2, 0.25) is 0 Å². The van der Waals surface area contributed by atoms with Crippen LogP contribution in [0.4, 0.5) is 0 Å². The molecule has 3 heteroatoms. The topological polar surface area (TPSA) is 26.3 Å². The van der Waals surface area contributed by atoms with E-state index in [1.165, 1.54) is 10.4 Å². The summed E-state index contributed by atoms with van der Waals surface area (Å²) in [6.07, 6.45) is 5.20. The SMILES string of the molecule is C=CC[C@H]1C[C@@H](CO[Si](c2ccccc2)(c2ccccc2)C(C)(C)C)CCC1=O. The lowest BCUT2D eigenvalue weighted by atomic mass is 9.79. The van der Waals surface area contributed by atoms with Gasteiger partial charge < -0.3 is 4.43 Å². The summed E-state index contributed by atoms with van der Waals surface area (Å²) in [6.45, 7) is 11.5. The lowest BCUT2D eigenvalue weighted by Gasteiger charge is -2.44. The van der Waals surface area contributed by atoms with Crippen molar-refractivity contribution in [3.8, 4) is 0 Å². The van der Waals surface area contributed by atoms with Gasteiger partial charge in [-0.25, -0.2) is 0 Å². The van der Waals surface area contributed by atoms with Crippen LogP contribution in [0, 0.1) is 11.8 Å². The van der Waals surface area contributed by atoms with Crippen LogP contribution < -0.4 is 10.4 Å². The van der Waals surface area contributed by atoms with Crippen molar-refractivity contribution in [1.29, 1.82) is 0 Å². The van der Waals surface area contributed by atoms with Gasteiger partial charge in [0.25, 0.3) is 8.32 Å². The third kappa shape index (κ3) is 4.62. The Labute approximate surface area is 177 Å². The molecule has 0 radical (unpaired) electrons. The minimum absolute atomic E-state index is 0.0132. The smallest absolute Gasteiger partial charge is 0.261 e. The molecule has 1 aliphatic carbocycles. The van der Waals surface area contributed by atoms with Crippen molar-refractivity contribution in [2.24, 2.45) is 11.8 Å². The van der Waals surface area contributed by atoms with E-state index < -0.39 is 8.32 Å². The van der Waals surface area contributed by atoms with Gasteiger partial charge in [0.15, 0.2) is 0 Å². The first kappa shape index (κ1) is 21.7. The predicted molar refractivity (Wildman–Crippen MR) is 124 cm³/mol. The van der Waals surface area contributed by atoms with Gasteiger partial charge >= 0.3 is 0 Å². The van der Waals surface area contributed by atoms with Crippen LogP contribution in [0.1, 0.15) is 46.5 Å². The third-order valence-corrected chi connectivity index (χ3v) is 11.3. The molecule has 0 aromatic heterocycles. The Hall–Kier alpha value is -1.97. The first-order valence-corrected chi connectivity index (χ1v) is 12.7. The molecule has 3 rings (SSSR count). The molecule has 0 aliphatic heterocycles. The molecule has 2 aromatic rings. The Bertz CT molecular complexity index is 768. The largest absolute Gasteiger partial charge is 0.407 e. The number of allylic oxidation sites excluding steroid dienone is 1. The second-order valence-electron chi connectivity index (χ2n) is 9.30. The molecule has 0 N–H and O–H groups in total. The van der Waals surface area contributed by atoms with Crippen LogP contribution in [0.15, 0.2) is 73.3 Å². The van der Waals surface area contributed by atoms with Gasteiger partial charge in [-0.1, -0.05) is 87.5 Å². The third-order valence-electron chi connectivity index (χ3n) is 6.28. The van der Waals surface area contributed by atoms with Crippen molar-refractivity contribution in [2.75, 3.05) is 6.61 Å². The fourth-order valence-corrected chi connectivity index (χ4v) is 9.43. The number of hydrogen-bond acceptors (Lipinski definition) is 2. The molecule has 0 spiro atoms. The van der Waals surface area contributed by atoms with Gasteiger partial charge in [-0.15, -0.1) is 6.58 Å². The molecule has 0 heterocycles. The molecule has 0 unspecified atom stereocenters. The van der Waals surface area contributed by atoms with Gasteiger partial charge in [0.1, 0.15) is 5.78 Å². The van der Waals surface area contributed by atoms with Crippen LogP contribution in [0.5, 0.6) is 0 Å². The summed E-state index contributed by atoms with van der Waals surface area (Å²) in [5, 5.41) is 2.61. The molecule has 2 aromatic carbocycles. The van der Waals surface area contributed by atoms with Gasteiger partial charge in [-0.05, 0) is 40.6 Å². The van der Waals surface area contributed by atoms with Crippen LogP contribution in [0.3, 0.4) is 0 Å². The van der Waals surface area contributed by atoms with Crippen LogP contribution in [-0.4, -0.2) is 20.7 Å². The molecule has 1 aliphatic rings. The van der Waals surface area contributed by atoms with Crippen molar-refractivity contribution in [3.63, 3.8) is 0 Å². The first-order valence-electron chi connectivity index (χ1n) is 10.8. The van der Waals surface area contributed by atoms with Crippen LogP contribution in [0.25, 0.3) is 0 Å². The first-order chi connectivity index (χ1) is 13.9. The molecule has 154 valence electrons. The van der Waals surface area contributed by atoms with E-state index in [0.29, 0.717) is 24.7 Å². The van der Waals surface area contributed by atoms with E-state index in [1.807, 2.05) is 6.08 Å². The molecule has 29 heavy (non-hydrogen) atoms. The Balaban J connectivity index is 1.94. The maximum absolute atomic E-state index is 12.3. The number of benzene rings is 2. The second-order valence-corrected chi connectivity index (χ2v) is 13.6. The summed E-state index contributed by atoms with van der Waals surface area (Å²) in [4.78, 5) is 12.3. The summed E-state index contributed by atoms with van der Waals surface area (Å²) in [5.41, 5.74) is 0.